The van der Waals surface area contributed by atoms with E-state index in [0.29, 0.717) is 6.61 Å². The van der Waals surface area contributed by atoms with E-state index < -0.39 is 0 Å². The van der Waals surface area contributed by atoms with Crippen LogP contribution in [0.4, 0.5) is 0 Å². The molecule has 1 aromatic heterocycles. The SMILES string of the molecule is CCOc1ccc(-c2nc(-c3ccccc3OC)cs2)cc1. The first-order valence-electron chi connectivity index (χ1n) is 7.14. The molecule has 4 heteroatoms. The second kappa shape index (κ2) is 6.62. The number of para-hydroxylation sites is 1. The highest BCUT2D eigenvalue weighted by atomic mass is 32.1. The summed E-state index contributed by atoms with van der Waals surface area (Å²) in [6, 6.07) is 16.0. The van der Waals surface area contributed by atoms with Gasteiger partial charge in [-0.25, -0.2) is 4.98 Å². The topological polar surface area (TPSA) is 31.4 Å². The summed E-state index contributed by atoms with van der Waals surface area (Å²) in [6.45, 7) is 2.66. The minimum atomic E-state index is 0.675. The van der Waals surface area contributed by atoms with Gasteiger partial charge >= 0.3 is 0 Å². The zero-order chi connectivity index (χ0) is 15.4. The number of ether oxygens (including phenoxy) is 2. The molecular formula is C18H17NO2S. The smallest absolute Gasteiger partial charge is 0.128 e. The minimum absolute atomic E-state index is 0.675. The lowest BCUT2D eigenvalue weighted by Gasteiger charge is -2.05. The molecule has 3 rings (SSSR count). The summed E-state index contributed by atoms with van der Waals surface area (Å²) < 4.78 is 10.9. The van der Waals surface area contributed by atoms with E-state index in [9.17, 15) is 0 Å². The molecule has 1 heterocycles. The van der Waals surface area contributed by atoms with Gasteiger partial charge in [0, 0.05) is 16.5 Å². The molecule has 3 aromatic rings. The molecule has 0 amide bonds. The third-order valence-electron chi connectivity index (χ3n) is 3.30. The van der Waals surface area contributed by atoms with Crippen LogP contribution in [0.3, 0.4) is 0 Å². The molecule has 0 radical (unpaired) electrons. The number of nitrogens with zero attached hydrogens (tertiary/aromatic N) is 1. The molecule has 0 aliphatic rings. The number of methoxy groups -OCH3 is 1. The second-order valence-electron chi connectivity index (χ2n) is 4.70. The highest BCUT2D eigenvalue weighted by Gasteiger charge is 2.10. The van der Waals surface area contributed by atoms with Crippen molar-refractivity contribution in [2.45, 2.75) is 6.92 Å². The van der Waals surface area contributed by atoms with Gasteiger partial charge < -0.3 is 9.47 Å². The van der Waals surface area contributed by atoms with Crippen LogP contribution in [-0.4, -0.2) is 18.7 Å². The highest BCUT2D eigenvalue weighted by Crippen LogP contribution is 2.34. The number of thiazole rings is 1. The Labute approximate surface area is 134 Å². The molecule has 0 spiro atoms. The van der Waals surface area contributed by atoms with Crippen molar-refractivity contribution in [2.75, 3.05) is 13.7 Å². The van der Waals surface area contributed by atoms with Gasteiger partial charge in [0.15, 0.2) is 0 Å². The fourth-order valence-electron chi connectivity index (χ4n) is 2.25. The van der Waals surface area contributed by atoms with E-state index in [2.05, 4.69) is 5.38 Å². The zero-order valence-corrected chi connectivity index (χ0v) is 13.4. The quantitative estimate of drug-likeness (QED) is 0.672. The number of benzene rings is 2. The van der Waals surface area contributed by atoms with E-state index in [-0.39, 0.29) is 0 Å². The van der Waals surface area contributed by atoms with Crippen molar-refractivity contribution >= 4 is 11.3 Å². The minimum Gasteiger partial charge on any atom is -0.496 e. The molecule has 0 saturated heterocycles. The van der Waals surface area contributed by atoms with Crippen LogP contribution in [0.1, 0.15) is 6.92 Å². The third kappa shape index (κ3) is 2.97. The van der Waals surface area contributed by atoms with Crippen molar-refractivity contribution in [3.63, 3.8) is 0 Å². The standard InChI is InChI=1S/C18H17NO2S/c1-3-21-14-10-8-13(9-11-14)18-19-16(12-22-18)15-6-4-5-7-17(15)20-2/h4-12H,3H2,1-2H3. The highest BCUT2D eigenvalue weighted by molar-refractivity contribution is 7.13. The maximum absolute atomic E-state index is 5.47. The van der Waals surface area contributed by atoms with Crippen molar-refractivity contribution in [2.24, 2.45) is 0 Å². The fraction of sp³-hybridized carbons (Fsp3) is 0.167. The van der Waals surface area contributed by atoms with E-state index >= 15 is 0 Å². The van der Waals surface area contributed by atoms with Gasteiger partial charge in [-0.1, -0.05) is 12.1 Å². The maximum Gasteiger partial charge on any atom is 0.128 e. The van der Waals surface area contributed by atoms with Crippen LogP contribution >= 0.6 is 11.3 Å². The van der Waals surface area contributed by atoms with Crippen molar-refractivity contribution < 1.29 is 9.47 Å². The summed E-state index contributed by atoms with van der Waals surface area (Å²) in [5.41, 5.74) is 3.04. The van der Waals surface area contributed by atoms with Crippen LogP contribution in [0.15, 0.2) is 53.9 Å². The fourth-order valence-corrected chi connectivity index (χ4v) is 3.07. The van der Waals surface area contributed by atoms with Gasteiger partial charge in [0.1, 0.15) is 16.5 Å². The Balaban J connectivity index is 1.90. The van der Waals surface area contributed by atoms with Gasteiger partial charge in [0.2, 0.25) is 0 Å². The van der Waals surface area contributed by atoms with Crippen LogP contribution in [0.25, 0.3) is 21.8 Å². The molecular weight excluding hydrogens is 294 g/mol. The van der Waals surface area contributed by atoms with Gasteiger partial charge in [-0.05, 0) is 43.3 Å². The van der Waals surface area contributed by atoms with Gasteiger partial charge in [0.05, 0.1) is 19.4 Å². The molecule has 0 fully saturated rings. The summed E-state index contributed by atoms with van der Waals surface area (Å²) in [5, 5.41) is 3.05. The number of hydrogen-bond acceptors (Lipinski definition) is 4. The lowest BCUT2D eigenvalue weighted by Crippen LogP contribution is -1.90. The first-order valence-corrected chi connectivity index (χ1v) is 8.02. The molecule has 2 aromatic carbocycles. The van der Waals surface area contributed by atoms with Crippen LogP contribution < -0.4 is 9.47 Å². The molecule has 0 saturated carbocycles. The summed E-state index contributed by atoms with van der Waals surface area (Å²) in [5.74, 6) is 1.72. The van der Waals surface area contributed by atoms with Crippen LogP contribution in [0.5, 0.6) is 11.5 Å². The molecule has 112 valence electrons. The maximum atomic E-state index is 5.47. The van der Waals surface area contributed by atoms with E-state index in [1.807, 2.05) is 55.5 Å². The average molecular weight is 311 g/mol. The van der Waals surface area contributed by atoms with Crippen LogP contribution in [0.2, 0.25) is 0 Å². The first-order chi connectivity index (χ1) is 10.8. The second-order valence-corrected chi connectivity index (χ2v) is 5.55. The van der Waals surface area contributed by atoms with Gasteiger partial charge in [-0.2, -0.15) is 0 Å². The normalized spacial score (nSPS) is 10.5. The molecule has 22 heavy (non-hydrogen) atoms. The Morgan fingerprint density at radius 1 is 1.05 bits per heavy atom. The Morgan fingerprint density at radius 3 is 2.55 bits per heavy atom. The largest absolute Gasteiger partial charge is 0.496 e. The van der Waals surface area contributed by atoms with Crippen molar-refractivity contribution in [1.29, 1.82) is 0 Å². The molecule has 0 atom stereocenters. The van der Waals surface area contributed by atoms with Crippen molar-refractivity contribution in [1.82, 2.24) is 4.98 Å². The Morgan fingerprint density at radius 2 is 1.82 bits per heavy atom. The van der Waals surface area contributed by atoms with E-state index in [1.165, 1.54) is 0 Å². The van der Waals surface area contributed by atoms with Crippen LogP contribution in [0, 0.1) is 0 Å². The predicted molar refractivity (Wildman–Crippen MR) is 90.7 cm³/mol. The molecule has 0 aliphatic heterocycles. The average Bonchev–Trinajstić information content (AvgIpc) is 3.05. The van der Waals surface area contributed by atoms with E-state index in [0.717, 1.165) is 33.3 Å². The summed E-state index contributed by atoms with van der Waals surface area (Å²) in [7, 11) is 1.68. The molecule has 0 bridgehead atoms. The van der Waals surface area contributed by atoms with Crippen molar-refractivity contribution in [3.05, 3.63) is 53.9 Å². The van der Waals surface area contributed by atoms with Crippen LogP contribution in [-0.2, 0) is 0 Å². The van der Waals surface area contributed by atoms with Gasteiger partial charge in [0.25, 0.3) is 0 Å². The number of rotatable bonds is 5. The lowest BCUT2D eigenvalue weighted by molar-refractivity contribution is 0.340. The Bertz CT molecular complexity index is 750. The van der Waals surface area contributed by atoms with E-state index in [1.54, 1.807) is 18.4 Å². The van der Waals surface area contributed by atoms with Crippen molar-refractivity contribution in [3.8, 4) is 33.3 Å². The Kier molecular flexibility index (Phi) is 4.39. The molecule has 3 nitrogen and oxygen atoms in total. The monoisotopic (exact) mass is 311 g/mol. The molecule has 0 aliphatic carbocycles. The molecule has 0 unspecified atom stereocenters. The number of hydrogen-bond donors (Lipinski definition) is 0. The third-order valence-corrected chi connectivity index (χ3v) is 4.19. The predicted octanol–water partition coefficient (Wildman–Crippen LogP) is 4.88. The van der Waals surface area contributed by atoms with E-state index in [4.69, 9.17) is 14.5 Å². The van der Waals surface area contributed by atoms with Gasteiger partial charge in [-0.15, -0.1) is 11.3 Å². The number of aromatic nitrogens is 1. The zero-order valence-electron chi connectivity index (χ0n) is 12.6. The molecule has 0 N–H and O–H groups in total. The lowest BCUT2D eigenvalue weighted by atomic mass is 10.1. The van der Waals surface area contributed by atoms with Gasteiger partial charge in [-0.3, -0.25) is 0 Å². The summed E-state index contributed by atoms with van der Waals surface area (Å²) >= 11 is 1.63. The summed E-state index contributed by atoms with van der Waals surface area (Å²) in [6.07, 6.45) is 0. The first kappa shape index (κ1) is 14.6. The Hall–Kier alpha value is -2.33. The summed E-state index contributed by atoms with van der Waals surface area (Å²) in [4.78, 5) is 4.73.